The molecule has 0 saturated carbocycles. The van der Waals surface area contributed by atoms with E-state index in [2.05, 4.69) is 20.9 Å². The molecule has 0 aliphatic rings. The number of hydrogen-bond acceptors (Lipinski definition) is 2. The summed E-state index contributed by atoms with van der Waals surface area (Å²) in [6, 6.07) is 9.70. The number of halogens is 2. The van der Waals surface area contributed by atoms with Gasteiger partial charge in [-0.25, -0.2) is 9.37 Å². The molecule has 104 valence electrons. The van der Waals surface area contributed by atoms with Crippen LogP contribution in [0.2, 0.25) is 0 Å². The van der Waals surface area contributed by atoms with Crippen molar-refractivity contribution in [1.82, 2.24) is 9.88 Å². The van der Waals surface area contributed by atoms with Crippen molar-refractivity contribution in [2.75, 3.05) is 6.54 Å². The number of carbonyl (C=O) groups is 1. The van der Waals surface area contributed by atoms with Crippen molar-refractivity contribution in [2.24, 2.45) is 0 Å². The van der Waals surface area contributed by atoms with Crippen LogP contribution in [0.25, 0.3) is 0 Å². The molecule has 0 bridgehead atoms. The second kappa shape index (κ2) is 6.61. The average Bonchev–Trinajstić information content (AvgIpc) is 2.44. The Hall–Kier alpha value is -1.75. The number of hydrogen-bond donors (Lipinski definition) is 0. The van der Waals surface area contributed by atoms with Crippen LogP contribution in [0.5, 0.6) is 0 Å². The Balaban J connectivity index is 2.20. The summed E-state index contributed by atoms with van der Waals surface area (Å²) in [5, 5.41) is 0. The minimum absolute atomic E-state index is 0.128. The van der Waals surface area contributed by atoms with Crippen LogP contribution in [0.3, 0.4) is 0 Å². The molecule has 0 aliphatic heterocycles. The molecule has 0 fully saturated rings. The van der Waals surface area contributed by atoms with Gasteiger partial charge in [-0.15, -0.1) is 0 Å². The second-order valence-corrected chi connectivity index (χ2v) is 5.04. The van der Waals surface area contributed by atoms with E-state index < -0.39 is 0 Å². The minimum Gasteiger partial charge on any atom is -0.335 e. The first kappa shape index (κ1) is 14.7. The van der Waals surface area contributed by atoms with Gasteiger partial charge in [-0.2, -0.15) is 0 Å². The smallest absolute Gasteiger partial charge is 0.256 e. The third-order valence-electron chi connectivity index (χ3n) is 2.92. The third-order valence-corrected chi connectivity index (χ3v) is 3.55. The van der Waals surface area contributed by atoms with Crippen molar-refractivity contribution in [1.29, 1.82) is 0 Å². The van der Waals surface area contributed by atoms with Crippen LogP contribution in [-0.2, 0) is 6.54 Å². The molecule has 0 aliphatic carbocycles. The van der Waals surface area contributed by atoms with Gasteiger partial charge in [0.15, 0.2) is 0 Å². The summed E-state index contributed by atoms with van der Waals surface area (Å²) in [5.74, 6) is -0.426. The Kier molecular flexibility index (Phi) is 4.84. The molecule has 0 unspecified atom stereocenters. The normalized spacial score (nSPS) is 10.3. The van der Waals surface area contributed by atoms with Crippen LogP contribution >= 0.6 is 15.9 Å². The van der Waals surface area contributed by atoms with Gasteiger partial charge in [-0.05, 0) is 52.7 Å². The maximum absolute atomic E-state index is 13.2. The highest BCUT2D eigenvalue weighted by atomic mass is 79.9. The first-order valence-electron chi connectivity index (χ1n) is 6.26. The molecule has 1 aromatic carbocycles. The van der Waals surface area contributed by atoms with Crippen LogP contribution in [0.4, 0.5) is 4.39 Å². The average molecular weight is 337 g/mol. The van der Waals surface area contributed by atoms with Crippen molar-refractivity contribution < 1.29 is 9.18 Å². The molecular weight excluding hydrogens is 323 g/mol. The quantitative estimate of drug-likeness (QED) is 0.798. The van der Waals surface area contributed by atoms with E-state index in [9.17, 15) is 9.18 Å². The van der Waals surface area contributed by atoms with Gasteiger partial charge in [0, 0.05) is 19.3 Å². The molecule has 0 saturated heterocycles. The number of aromatic nitrogens is 1. The molecule has 2 rings (SSSR count). The van der Waals surface area contributed by atoms with Gasteiger partial charge in [-0.3, -0.25) is 4.79 Å². The first-order valence-corrected chi connectivity index (χ1v) is 7.05. The zero-order valence-electron chi connectivity index (χ0n) is 11.0. The molecule has 1 amide bonds. The number of amides is 1. The lowest BCUT2D eigenvalue weighted by molar-refractivity contribution is 0.0751. The van der Waals surface area contributed by atoms with E-state index in [0.717, 1.165) is 5.56 Å². The van der Waals surface area contributed by atoms with E-state index in [1.807, 2.05) is 6.92 Å². The monoisotopic (exact) mass is 336 g/mol. The Bertz CT molecular complexity index is 618. The van der Waals surface area contributed by atoms with E-state index in [4.69, 9.17) is 0 Å². The lowest BCUT2D eigenvalue weighted by Crippen LogP contribution is -2.30. The fourth-order valence-electron chi connectivity index (χ4n) is 1.90. The Morgan fingerprint density at radius 2 is 2.15 bits per heavy atom. The maximum atomic E-state index is 13.2. The summed E-state index contributed by atoms with van der Waals surface area (Å²) in [6.07, 6.45) is 1.61. The van der Waals surface area contributed by atoms with E-state index in [-0.39, 0.29) is 11.7 Å². The van der Waals surface area contributed by atoms with Crippen molar-refractivity contribution in [3.63, 3.8) is 0 Å². The molecular formula is C15H14BrFN2O. The van der Waals surface area contributed by atoms with Gasteiger partial charge >= 0.3 is 0 Å². The van der Waals surface area contributed by atoms with Gasteiger partial charge in [0.25, 0.3) is 5.91 Å². The lowest BCUT2D eigenvalue weighted by Gasteiger charge is -2.21. The van der Waals surface area contributed by atoms with Gasteiger partial charge in [0.1, 0.15) is 10.4 Å². The van der Waals surface area contributed by atoms with Gasteiger partial charge in [0.2, 0.25) is 0 Å². The molecule has 0 radical (unpaired) electrons. The molecule has 1 heterocycles. The van der Waals surface area contributed by atoms with Crippen molar-refractivity contribution >= 4 is 21.8 Å². The predicted octanol–water partition coefficient (Wildman–Crippen LogP) is 3.65. The fourth-order valence-corrected chi connectivity index (χ4v) is 2.32. The fraction of sp³-hybridized carbons (Fsp3) is 0.200. The molecule has 1 aromatic heterocycles. The first-order chi connectivity index (χ1) is 9.61. The molecule has 2 aromatic rings. The van der Waals surface area contributed by atoms with E-state index in [0.29, 0.717) is 23.3 Å². The number of pyridine rings is 1. The van der Waals surface area contributed by atoms with E-state index in [1.54, 1.807) is 35.4 Å². The van der Waals surface area contributed by atoms with Gasteiger partial charge in [-0.1, -0.05) is 12.1 Å². The second-order valence-electron chi connectivity index (χ2n) is 4.29. The lowest BCUT2D eigenvalue weighted by atomic mass is 10.2. The Morgan fingerprint density at radius 3 is 2.80 bits per heavy atom. The zero-order valence-corrected chi connectivity index (χ0v) is 12.6. The molecule has 5 heteroatoms. The van der Waals surface area contributed by atoms with E-state index in [1.165, 1.54) is 12.1 Å². The summed E-state index contributed by atoms with van der Waals surface area (Å²) in [5.41, 5.74) is 1.27. The number of carbonyl (C=O) groups excluding carboxylic acids is 1. The number of benzene rings is 1. The van der Waals surface area contributed by atoms with Crippen LogP contribution in [0, 0.1) is 5.82 Å². The summed E-state index contributed by atoms with van der Waals surface area (Å²) in [4.78, 5) is 18.1. The molecule has 0 N–H and O–H groups in total. The van der Waals surface area contributed by atoms with Gasteiger partial charge in [0.05, 0.1) is 5.56 Å². The maximum Gasteiger partial charge on any atom is 0.256 e. The number of nitrogens with zero attached hydrogens (tertiary/aromatic N) is 2. The van der Waals surface area contributed by atoms with Crippen molar-refractivity contribution in [3.05, 3.63) is 64.1 Å². The zero-order chi connectivity index (χ0) is 14.5. The highest BCUT2D eigenvalue weighted by Crippen LogP contribution is 2.17. The van der Waals surface area contributed by atoms with Crippen molar-refractivity contribution in [2.45, 2.75) is 13.5 Å². The van der Waals surface area contributed by atoms with Crippen LogP contribution in [0.1, 0.15) is 22.8 Å². The Morgan fingerprint density at radius 1 is 1.35 bits per heavy atom. The summed E-state index contributed by atoms with van der Waals surface area (Å²) >= 11 is 3.27. The highest BCUT2D eigenvalue weighted by molar-refractivity contribution is 9.10. The minimum atomic E-state index is -0.298. The van der Waals surface area contributed by atoms with Crippen molar-refractivity contribution in [3.8, 4) is 0 Å². The predicted molar refractivity (Wildman–Crippen MR) is 78.8 cm³/mol. The summed E-state index contributed by atoms with van der Waals surface area (Å²) in [7, 11) is 0. The largest absolute Gasteiger partial charge is 0.335 e. The Labute approximate surface area is 125 Å². The summed E-state index contributed by atoms with van der Waals surface area (Å²) < 4.78 is 13.7. The SMILES string of the molecule is CCN(Cc1cccc(F)c1)C(=O)c1cccnc1Br. The molecule has 3 nitrogen and oxygen atoms in total. The molecule has 0 spiro atoms. The third kappa shape index (κ3) is 3.42. The number of rotatable bonds is 4. The standard InChI is InChI=1S/C15H14BrFN2O/c1-2-19(10-11-5-3-6-12(17)9-11)15(20)13-7-4-8-18-14(13)16/h3-9H,2,10H2,1H3. The van der Waals surface area contributed by atoms with Crippen LogP contribution in [-0.4, -0.2) is 22.3 Å². The van der Waals surface area contributed by atoms with Crippen LogP contribution < -0.4 is 0 Å². The van der Waals surface area contributed by atoms with Crippen LogP contribution in [0.15, 0.2) is 47.2 Å². The van der Waals surface area contributed by atoms with E-state index >= 15 is 0 Å². The molecule has 20 heavy (non-hydrogen) atoms. The molecule has 0 atom stereocenters. The summed E-state index contributed by atoms with van der Waals surface area (Å²) in [6.45, 7) is 2.80. The van der Waals surface area contributed by atoms with Gasteiger partial charge < -0.3 is 4.90 Å². The topological polar surface area (TPSA) is 33.2 Å². The highest BCUT2D eigenvalue weighted by Gasteiger charge is 2.17.